The van der Waals surface area contributed by atoms with E-state index in [0.717, 1.165) is 0 Å². The van der Waals surface area contributed by atoms with E-state index in [4.69, 9.17) is 12.2 Å². The van der Waals surface area contributed by atoms with Gasteiger partial charge in [0.2, 0.25) is 0 Å². The van der Waals surface area contributed by atoms with Crippen molar-refractivity contribution >= 4 is 40.5 Å². The maximum Gasteiger partial charge on any atom is 0.270 e. The number of hydrogen-bond acceptors (Lipinski definition) is 5. The van der Waals surface area contributed by atoms with Gasteiger partial charge in [0.05, 0.1) is 4.92 Å². The fourth-order valence-electron chi connectivity index (χ4n) is 2.22. The summed E-state index contributed by atoms with van der Waals surface area (Å²) in [5.74, 6) is -0.761. The average molecular weight is 400 g/mol. The van der Waals surface area contributed by atoms with Crippen LogP contribution < -0.4 is 16.0 Å². The van der Waals surface area contributed by atoms with Crippen molar-refractivity contribution in [3.8, 4) is 0 Å². The molecule has 0 bridgehead atoms. The molecule has 0 saturated heterocycles. The molecule has 0 heterocycles. The molecule has 3 N–H and O–H groups in total. The van der Waals surface area contributed by atoms with E-state index in [0.29, 0.717) is 11.3 Å². The second kappa shape index (κ2) is 8.57. The zero-order chi connectivity index (χ0) is 20.9. The number of rotatable bonds is 4. The Hall–Kier alpha value is -3.33. The lowest BCUT2D eigenvalue weighted by Gasteiger charge is -2.20. The summed E-state index contributed by atoms with van der Waals surface area (Å²) in [6.45, 7) is 5.68. The van der Waals surface area contributed by atoms with Crippen LogP contribution in [0.2, 0.25) is 0 Å². The zero-order valence-electron chi connectivity index (χ0n) is 15.6. The Labute approximate surface area is 167 Å². The normalized spacial score (nSPS) is 10.7. The summed E-state index contributed by atoms with van der Waals surface area (Å²) in [5, 5.41) is 19.0. The molecular weight excluding hydrogens is 380 g/mol. The summed E-state index contributed by atoms with van der Waals surface area (Å²) < 4.78 is 0. The number of anilines is 1. The van der Waals surface area contributed by atoms with Crippen LogP contribution in [-0.4, -0.2) is 27.4 Å². The highest BCUT2D eigenvalue weighted by Crippen LogP contribution is 2.14. The topological polar surface area (TPSA) is 113 Å². The van der Waals surface area contributed by atoms with Gasteiger partial charge in [-0.3, -0.25) is 25.0 Å². The SMILES string of the molecule is CC(C)(C)NC(=O)c1ccc(NC(=S)NC(=O)c2cccc([N+](=O)[O-])c2)cc1. The minimum atomic E-state index is -0.579. The third kappa shape index (κ3) is 6.13. The number of nitrogens with one attached hydrogen (secondary N) is 3. The molecule has 2 aromatic rings. The number of carbonyl (C=O) groups excluding carboxylic acids is 2. The van der Waals surface area contributed by atoms with E-state index in [9.17, 15) is 19.7 Å². The van der Waals surface area contributed by atoms with Crippen molar-refractivity contribution in [1.82, 2.24) is 10.6 Å². The highest BCUT2D eigenvalue weighted by Gasteiger charge is 2.15. The zero-order valence-corrected chi connectivity index (χ0v) is 16.4. The van der Waals surface area contributed by atoms with Crippen LogP contribution in [0, 0.1) is 10.1 Å². The van der Waals surface area contributed by atoms with Gasteiger partial charge in [-0.25, -0.2) is 0 Å². The molecule has 0 radical (unpaired) electrons. The second-order valence-electron chi connectivity index (χ2n) is 7.00. The van der Waals surface area contributed by atoms with Crippen molar-refractivity contribution in [1.29, 1.82) is 0 Å². The molecule has 0 aliphatic heterocycles. The third-order valence-electron chi connectivity index (χ3n) is 3.44. The molecule has 2 rings (SSSR count). The number of benzene rings is 2. The molecule has 0 atom stereocenters. The van der Waals surface area contributed by atoms with Gasteiger partial charge in [-0.05, 0) is 63.3 Å². The molecule has 0 spiro atoms. The van der Waals surface area contributed by atoms with Crippen LogP contribution in [0.3, 0.4) is 0 Å². The number of nitrogens with zero attached hydrogens (tertiary/aromatic N) is 1. The van der Waals surface area contributed by atoms with Gasteiger partial charge in [0.1, 0.15) is 0 Å². The van der Waals surface area contributed by atoms with Gasteiger partial charge in [0.25, 0.3) is 17.5 Å². The monoisotopic (exact) mass is 400 g/mol. The quantitative estimate of drug-likeness (QED) is 0.412. The van der Waals surface area contributed by atoms with Gasteiger partial charge in [-0.2, -0.15) is 0 Å². The van der Waals surface area contributed by atoms with Crippen molar-refractivity contribution in [3.63, 3.8) is 0 Å². The van der Waals surface area contributed by atoms with E-state index < -0.39 is 10.8 Å². The molecule has 2 amide bonds. The van der Waals surface area contributed by atoms with E-state index in [1.165, 1.54) is 24.3 Å². The van der Waals surface area contributed by atoms with Crippen molar-refractivity contribution < 1.29 is 14.5 Å². The molecule has 0 aliphatic rings. The van der Waals surface area contributed by atoms with E-state index >= 15 is 0 Å². The fraction of sp³-hybridized carbons (Fsp3) is 0.211. The molecule has 2 aromatic carbocycles. The molecule has 146 valence electrons. The van der Waals surface area contributed by atoms with Gasteiger partial charge in [0.15, 0.2) is 5.11 Å². The lowest BCUT2D eigenvalue weighted by molar-refractivity contribution is -0.384. The maximum atomic E-state index is 12.2. The Morgan fingerprint density at radius 3 is 2.21 bits per heavy atom. The summed E-state index contributed by atoms with van der Waals surface area (Å²) in [7, 11) is 0. The van der Waals surface area contributed by atoms with Gasteiger partial charge in [-0.1, -0.05) is 6.07 Å². The van der Waals surface area contributed by atoms with Crippen molar-refractivity contribution in [3.05, 3.63) is 69.8 Å². The number of nitro benzene ring substituents is 1. The maximum absolute atomic E-state index is 12.2. The predicted molar refractivity (Wildman–Crippen MR) is 110 cm³/mol. The van der Waals surface area contributed by atoms with Gasteiger partial charge in [-0.15, -0.1) is 0 Å². The van der Waals surface area contributed by atoms with E-state index in [-0.39, 0.29) is 27.8 Å². The second-order valence-corrected chi connectivity index (χ2v) is 7.41. The first-order valence-corrected chi connectivity index (χ1v) is 8.75. The lowest BCUT2D eigenvalue weighted by Crippen LogP contribution is -2.40. The Kier molecular flexibility index (Phi) is 6.42. The lowest BCUT2D eigenvalue weighted by atomic mass is 10.1. The number of non-ortho nitro benzene ring substituents is 1. The highest BCUT2D eigenvalue weighted by molar-refractivity contribution is 7.80. The molecule has 0 aromatic heterocycles. The molecule has 0 unspecified atom stereocenters. The average Bonchev–Trinajstić information content (AvgIpc) is 2.60. The standard InChI is InChI=1S/C19H20N4O4S/c1-19(2,3)22-17(25)12-7-9-14(10-8-12)20-18(28)21-16(24)13-5-4-6-15(11-13)23(26)27/h4-11H,1-3H3,(H,22,25)(H2,20,21,24,28). The number of carbonyl (C=O) groups is 2. The van der Waals surface area contributed by atoms with Crippen molar-refractivity contribution in [2.75, 3.05) is 5.32 Å². The number of thiocarbonyl (C=S) groups is 1. The third-order valence-corrected chi connectivity index (χ3v) is 3.64. The van der Waals surface area contributed by atoms with Crippen molar-refractivity contribution in [2.24, 2.45) is 0 Å². The van der Waals surface area contributed by atoms with Gasteiger partial charge in [0, 0.05) is 34.5 Å². The van der Waals surface area contributed by atoms with Crippen LogP contribution in [0.5, 0.6) is 0 Å². The molecular formula is C19H20N4O4S. The van der Waals surface area contributed by atoms with E-state index in [2.05, 4.69) is 16.0 Å². The minimum Gasteiger partial charge on any atom is -0.347 e. The molecule has 28 heavy (non-hydrogen) atoms. The fourth-order valence-corrected chi connectivity index (χ4v) is 2.43. The smallest absolute Gasteiger partial charge is 0.270 e. The Balaban J connectivity index is 1.97. The van der Waals surface area contributed by atoms with E-state index in [1.807, 2.05) is 20.8 Å². The highest BCUT2D eigenvalue weighted by atomic mass is 32.1. The first-order valence-electron chi connectivity index (χ1n) is 8.34. The van der Waals surface area contributed by atoms with Crippen LogP contribution in [-0.2, 0) is 0 Å². The summed E-state index contributed by atoms with van der Waals surface area (Å²) >= 11 is 5.10. The Bertz CT molecular complexity index is 920. The van der Waals surface area contributed by atoms with Crippen LogP contribution in [0.15, 0.2) is 48.5 Å². The predicted octanol–water partition coefficient (Wildman–Crippen LogP) is 3.25. The van der Waals surface area contributed by atoms with Crippen LogP contribution in [0.1, 0.15) is 41.5 Å². The Morgan fingerprint density at radius 2 is 1.64 bits per heavy atom. The molecule has 0 aliphatic carbocycles. The first-order chi connectivity index (χ1) is 13.0. The Morgan fingerprint density at radius 1 is 1.00 bits per heavy atom. The number of nitro groups is 1. The summed E-state index contributed by atoms with van der Waals surface area (Å²) in [6, 6.07) is 11.9. The largest absolute Gasteiger partial charge is 0.347 e. The number of amides is 2. The van der Waals surface area contributed by atoms with Crippen LogP contribution in [0.4, 0.5) is 11.4 Å². The van der Waals surface area contributed by atoms with E-state index in [1.54, 1.807) is 24.3 Å². The van der Waals surface area contributed by atoms with Gasteiger partial charge < -0.3 is 10.6 Å². The molecule has 8 nitrogen and oxygen atoms in total. The molecule has 9 heteroatoms. The van der Waals surface area contributed by atoms with Crippen LogP contribution >= 0.6 is 12.2 Å². The van der Waals surface area contributed by atoms with Crippen molar-refractivity contribution in [2.45, 2.75) is 26.3 Å². The minimum absolute atomic E-state index is 0.0309. The summed E-state index contributed by atoms with van der Waals surface area (Å²) in [6.07, 6.45) is 0. The first kappa shape index (κ1) is 21.0. The molecule has 0 fully saturated rings. The van der Waals surface area contributed by atoms with Crippen LogP contribution in [0.25, 0.3) is 0 Å². The summed E-state index contributed by atoms with van der Waals surface area (Å²) in [5.41, 5.74) is 0.665. The molecule has 0 saturated carbocycles. The number of hydrogen-bond donors (Lipinski definition) is 3. The van der Waals surface area contributed by atoms with Gasteiger partial charge >= 0.3 is 0 Å². The summed E-state index contributed by atoms with van der Waals surface area (Å²) in [4.78, 5) is 34.5.